The number of aliphatic hydroxyl groups is 1. The lowest BCUT2D eigenvalue weighted by Gasteiger charge is -2.23. The molecule has 0 amide bonds. The number of benzene rings is 1. The highest BCUT2D eigenvalue weighted by molar-refractivity contribution is 6.32. The second-order valence-corrected chi connectivity index (χ2v) is 5.69. The van der Waals surface area contributed by atoms with Crippen LogP contribution in [-0.2, 0) is 6.54 Å². The molecule has 0 fully saturated rings. The Labute approximate surface area is 117 Å². The Morgan fingerprint density at radius 1 is 1.47 bits per heavy atom. The predicted molar refractivity (Wildman–Crippen MR) is 75.3 cm³/mol. The van der Waals surface area contributed by atoms with Crippen molar-refractivity contribution in [2.45, 2.75) is 26.8 Å². The molecule has 0 radical (unpaired) electrons. The van der Waals surface area contributed by atoms with Gasteiger partial charge < -0.3 is 10.4 Å². The molecule has 0 atom stereocenters. The molecule has 0 heterocycles. The SMILES string of the molecule is CC(C)(CCO)CNCc1ccc(Cl)c([N+](=O)[O-])c1. The number of nitrogens with zero attached hydrogens (tertiary/aromatic N) is 1. The Bertz CT molecular complexity index is 450. The third kappa shape index (κ3) is 5.14. The van der Waals surface area contributed by atoms with Crippen LogP contribution in [0.3, 0.4) is 0 Å². The molecule has 1 aromatic carbocycles. The fourth-order valence-electron chi connectivity index (χ4n) is 1.74. The van der Waals surface area contributed by atoms with Gasteiger partial charge in [0, 0.05) is 25.8 Å². The summed E-state index contributed by atoms with van der Waals surface area (Å²) in [4.78, 5) is 10.3. The summed E-state index contributed by atoms with van der Waals surface area (Å²) in [6.07, 6.45) is 0.709. The first-order valence-corrected chi connectivity index (χ1v) is 6.48. The number of nitrogens with one attached hydrogen (secondary N) is 1. The van der Waals surface area contributed by atoms with E-state index in [0.717, 1.165) is 12.1 Å². The molecule has 0 unspecified atom stereocenters. The van der Waals surface area contributed by atoms with Gasteiger partial charge in [0.25, 0.3) is 5.69 Å². The monoisotopic (exact) mass is 286 g/mol. The lowest BCUT2D eigenvalue weighted by Crippen LogP contribution is -2.29. The number of nitro groups is 1. The molecule has 0 aliphatic carbocycles. The van der Waals surface area contributed by atoms with E-state index in [1.165, 1.54) is 12.1 Å². The molecule has 2 N–H and O–H groups in total. The third-order valence-corrected chi connectivity index (χ3v) is 3.25. The van der Waals surface area contributed by atoms with Gasteiger partial charge in [-0.1, -0.05) is 31.5 Å². The second-order valence-electron chi connectivity index (χ2n) is 5.28. The van der Waals surface area contributed by atoms with E-state index >= 15 is 0 Å². The summed E-state index contributed by atoms with van der Waals surface area (Å²) in [5.41, 5.74) is 0.735. The van der Waals surface area contributed by atoms with Crippen molar-refractivity contribution in [1.29, 1.82) is 0 Å². The summed E-state index contributed by atoms with van der Waals surface area (Å²) < 4.78 is 0. The van der Waals surface area contributed by atoms with Crippen LogP contribution >= 0.6 is 11.6 Å². The standard InChI is InChI=1S/C13H19ClN2O3/c1-13(2,5-6-17)9-15-8-10-3-4-11(14)12(7-10)16(18)19/h3-4,7,15,17H,5-6,8-9H2,1-2H3. The Hall–Kier alpha value is -1.17. The van der Waals surface area contributed by atoms with Gasteiger partial charge in [0.2, 0.25) is 0 Å². The maximum Gasteiger partial charge on any atom is 0.288 e. The Balaban J connectivity index is 2.59. The minimum absolute atomic E-state index is 0.00684. The van der Waals surface area contributed by atoms with Crippen molar-refractivity contribution in [3.8, 4) is 0 Å². The highest BCUT2D eigenvalue weighted by Gasteiger charge is 2.17. The molecule has 0 bridgehead atoms. The van der Waals surface area contributed by atoms with E-state index in [-0.39, 0.29) is 22.7 Å². The number of hydrogen-bond acceptors (Lipinski definition) is 4. The number of rotatable bonds is 7. The van der Waals surface area contributed by atoms with Gasteiger partial charge in [-0.3, -0.25) is 10.1 Å². The summed E-state index contributed by atoms with van der Waals surface area (Å²) in [5, 5.41) is 23.1. The van der Waals surface area contributed by atoms with Gasteiger partial charge >= 0.3 is 0 Å². The lowest BCUT2D eigenvalue weighted by atomic mass is 9.90. The van der Waals surface area contributed by atoms with Gasteiger partial charge in [-0.05, 0) is 23.5 Å². The van der Waals surface area contributed by atoms with Crippen molar-refractivity contribution in [3.05, 3.63) is 38.9 Å². The van der Waals surface area contributed by atoms with Crippen LogP contribution in [0.15, 0.2) is 18.2 Å². The highest BCUT2D eigenvalue weighted by atomic mass is 35.5. The average Bonchev–Trinajstić information content (AvgIpc) is 2.30. The summed E-state index contributed by atoms with van der Waals surface area (Å²) in [5.74, 6) is 0. The van der Waals surface area contributed by atoms with Crippen molar-refractivity contribution in [3.63, 3.8) is 0 Å². The lowest BCUT2D eigenvalue weighted by molar-refractivity contribution is -0.384. The summed E-state index contributed by atoms with van der Waals surface area (Å²) in [6, 6.07) is 4.78. The Morgan fingerprint density at radius 2 is 2.16 bits per heavy atom. The highest BCUT2D eigenvalue weighted by Crippen LogP contribution is 2.25. The zero-order valence-corrected chi connectivity index (χ0v) is 11.9. The first kappa shape index (κ1) is 15.9. The molecular weight excluding hydrogens is 268 g/mol. The fourth-order valence-corrected chi connectivity index (χ4v) is 1.93. The third-order valence-electron chi connectivity index (χ3n) is 2.93. The van der Waals surface area contributed by atoms with Crippen LogP contribution in [0.4, 0.5) is 5.69 Å². The molecule has 0 spiro atoms. The van der Waals surface area contributed by atoms with Crippen LogP contribution in [0.25, 0.3) is 0 Å². The first-order chi connectivity index (χ1) is 8.85. The van der Waals surface area contributed by atoms with Crippen molar-refractivity contribution in [1.82, 2.24) is 5.32 Å². The van der Waals surface area contributed by atoms with Crippen LogP contribution in [-0.4, -0.2) is 23.2 Å². The second kappa shape index (κ2) is 6.84. The van der Waals surface area contributed by atoms with E-state index in [9.17, 15) is 10.1 Å². The van der Waals surface area contributed by atoms with Gasteiger partial charge in [0.1, 0.15) is 5.02 Å². The van der Waals surface area contributed by atoms with Crippen LogP contribution < -0.4 is 5.32 Å². The molecule has 5 nitrogen and oxygen atoms in total. The van der Waals surface area contributed by atoms with Crippen molar-refractivity contribution in [2.75, 3.05) is 13.2 Å². The van der Waals surface area contributed by atoms with Crippen molar-refractivity contribution < 1.29 is 10.0 Å². The van der Waals surface area contributed by atoms with E-state index in [0.29, 0.717) is 13.0 Å². The molecule has 0 aromatic heterocycles. The Morgan fingerprint density at radius 3 is 2.74 bits per heavy atom. The fraction of sp³-hybridized carbons (Fsp3) is 0.538. The van der Waals surface area contributed by atoms with Crippen LogP contribution in [0, 0.1) is 15.5 Å². The zero-order chi connectivity index (χ0) is 14.5. The van der Waals surface area contributed by atoms with Crippen LogP contribution in [0.1, 0.15) is 25.8 Å². The molecule has 6 heteroatoms. The number of hydrogen-bond donors (Lipinski definition) is 2. The number of aliphatic hydroxyl groups excluding tert-OH is 1. The van der Waals surface area contributed by atoms with E-state index in [2.05, 4.69) is 19.2 Å². The Kier molecular flexibility index (Phi) is 5.72. The smallest absolute Gasteiger partial charge is 0.288 e. The van der Waals surface area contributed by atoms with Crippen LogP contribution in [0.2, 0.25) is 5.02 Å². The summed E-state index contributed by atoms with van der Waals surface area (Å²) in [6.45, 7) is 5.53. The first-order valence-electron chi connectivity index (χ1n) is 6.10. The van der Waals surface area contributed by atoms with Gasteiger partial charge in [-0.25, -0.2) is 0 Å². The maximum absolute atomic E-state index is 10.8. The molecule has 19 heavy (non-hydrogen) atoms. The maximum atomic E-state index is 10.8. The largest absolute Gasteiger partial charge is 0.396 e. The minimum atomic E-state index is -0.485. The zero-order valence-electron chi connectivity index (χ0n) is 11.1. The average molecular weight is 287 g/mol. The molecule has 106 valence electrons. The van der Waals surface area contributed by atoms with E-state index in [1.807, 2.05) is 0 Å². The molecule has 1 rings (SSSR count). The van der Waals surface area contributed by atoms with Gasteiger partial charge in [0.05, 0.1) is 4.92 Å². The molecule has 0 aliphatic rings. The van der Waals surface area contributed by atoms with E-state index in [1.54, 1.807) is 6.07 Å². The van der Waals surface area contributed by atoms with Crippen molar-refractivity contribution >= 4 is 17.3 Å². The van der Waals surface area contributed by atoms with Gasteiger partial charge in [-0.2, -0.15) is 0 Å². The van der Waals surface area contributed by atoms with Gasteiger partial charge in [0.15, 0.2) is 0 Å². The molecule has 0 saturated carbocycles. The molecule has 0 aliphatic heterocycles. The summed E-state index contributed by atoms with van der Waals surface area (Å²) in [7, 11) is 0. The van der Waals surface area contributed by atoms with Crippen molar-refractivity contribution in [2.24, 2.45) is 5.41 Å². The predicted octanol–water partition coefficient (Wildman–Crippen LogP) is 2.75. The topological polar surface area (TPSA) is 75.4 Å². The number of halogens is 1. The molecular formula is C13H19ClN2O3. The van der Waals surface area contributed by atoms with Gasteiger partial charge in [-0.15, -0.1) is 0 Å². The quantitative estimate of drug-likeness (QED) is 0.597. The molecule has 1 aromatic rings. The van der Waals surface area contributed by atoms with E-state index in [4.69, 9.17) is 16.7 Å². The minimum Gasteiger partial charge on any atom is -0.396 e. The molecule has 0 saturated heterocycles. The number of nitro benzene ring substituents is 1. The van der Waals surface area contributed by atoms with E-state index < -0.39 is 4.92 Å². The normalized spacial score (nSPS) is 11.6. The van der Waals surface area contributed by atoms with Crippen LogP contribution in [0.5, 0.6) is 0 Å². The summed E-state index contributed by atoms with van der Waals surface area (Å²) >= 11 is 5.75.